The van der Waals surface area contributed by atoms with Crippen LogP contribution in [0.15, 0.2) is 29.4 Å². The number of thiophene rings is 1. The minimum absolute atomic E-state index is 0.147. The third-order valence-electron chi connectivity index (χ3n) is 5.72. The van der Waals surface area contributed by atoms with Crippen LogP contribution in [0.2, 0.25) is 0 Å². The lowest BCUT2D eigenvalue weighted by Crippen LogP contribution is -2.17. The Labute approximate surface area is 207 Å². The number of nitrogens with zero attached hydrogens (tertiary/aromatic N) is 3. The molecule has 34 heavy (non-hydrogen) atoms. The summed E-state index contributed by atoms with van der Waals surface area (Å²) in [6, 6.07) is 7.84. The summed E-state index contributed by atoms with van der Waals surface area (Å²) in [5.74, 6) is 1.05. The van der Waals surface area contributed by atoms with E-state index in [9.17, 15) is 9.59 Å². The number of esters is 1. The number of methoxy groups -OCH3 is 1. The summed E-state index contributed by atoms with van der Waals surface area (Å²) in [4.78, 5) is 26.2. The highest BCUT2D eigenvalue weighted by Gasteiger charge is 2.28. The molecule has 0 aliphatic heterocycles. The third kappa shape index (κ3) is 4.97. The molecule has 2 heterocycles. The zero-order chi connectivity index (χ0) is 24.2. The largest absolute Gasteiger partial charge is 0.482 e. The van der Waals surface area contributed by atoms with Crippen LogP contribution in [0.25, 0.3) is 0 Å². The normalized spacial score (nSPS) is 13.4. The van der Waals surface area contributed by atoms with Gasteiger partial charge in [0.2, 0.25) is 5.91 Å². The number of para-hydroxylation sites is 1. The summed E-state index contributed by atoms with van der Waals surface area (Å²) >= 11 is 2.78. The summed E-state index contributed by atoms with van der Waals surface area (Å²) < 4.78 is 13.0. The summed E-state index contributed by atoms with van der Waals surface area (Å²) in [6.45, 7) is 6.60. The summed E-state index contributed by atoms with van der Waals surface area (Å²) in [7, 11) is 1.36. The minimum atomic E-state index is -0.402. The van der Waals surface area contributed by atoms with Crippen molar-refractivity contribution < 1.29 is 19.1 Å². The number of carbonyl (C=O) groups excluding carboxylic acids is 2. The average Bonchev–Trinajstić information content (AvgIpc) is 3.52. The number of fused-ring (bicyclic) bond motifs is 1. The number of carbonyl (C=O) groups is 2. The van der Waals surface area contributed by atoms with Gasteiger partial charge in [0, 0.05) is 11.4 Å². The molecular formula is C24H28N4O4S2. The number of thioether (sulfide) groups is 1. The topological polar surface area (TPSA) is 95.3 Å². The molecule has 1 unspecified atom stereocenters. The molecule has 0 spiro atoms. The molecule has 10 heteroatoms. The first-order valence-corrected chi connectivity index (χ1v) is 13.0. The van der Waals surface area contributed by atoms with Gasteiger partial charge >= 0.3 is 5.97 Å². The number of rotatable bonds is 9. The molecule has 1 amide bonds. The number of anilines is 1. The predicted octanol–water partition coefficient (Wildman–Crippen LogP) is 4.81. The van der Waals surface area contributed by atoms with E-state index in [4.69, 9.17) is 9.47 Å². The van der Waals surface area contributed by atoms with Crippen molar-refractivity contribution in [3.05, 3.63) is 51.7 Å². The molecule has 1 aliphatic rings. The van der Waals surface area contributed by atoms with Crippen LogP contribution in [-0.4, -0.2) is 39.5 Å². The van der Waals surface area contributed by atoms with Gasteiger partial charge in [-0.05, 0) is 57.2 Å². The fourth-order valence-corrected chi connectivity index (χ4v) is 6.14. The lowest BCUT2D eigenvalue weighted by Gasteiger charge is -2.17. The molecular weight excluding hydrogens is 472 g/mol. The van der Waals surface area contributed by atoms with Gasteiger partial charge < -0.3 is 19.4 Å². The van der Waals surface area contributed by atoms with E-state index in [1.54, 1.807) is 0 Å². The minimum Gasteiger partial charge on any atom is -0.482 e. The maximum Gasteiger partial charge on any atom is 0.341 e. The number of aromatic nitrogens is 3. The summed E-state index contributed by atoms with van der Waals surface area (Å²) in [5, 5.41) is 12.8. The van der Waals surface area contributed by atoms with Crippen LogP contribution in [0.3, 0.4) is 0 Å². The van der Waals surface area contributed by atoms with E-state index in [0.717, 1.165) is 41.0 Å². The van der Waals surface area contributed by atoms with Crippen molar-refractivity contribution in [1.82, 2.24) is 14.8 Å². The van der Waals surface area contributed by atoms with E-state index < -0.39 is 5.97 Å². The van der Waals surface area contributed by atoms with Crippen LogP contribution in [0.4, 0.5) is 5.00 Å². The van der Waals surface area contributed by atoms with Crippen molar-refractivity contribution in [3.63, 3.8) is 0 Å². The highest BCUT2D eigenvalue weighted by atomic mass is 32.2. The Hall–Kier alpha value is -2.85. The third-order valence-corrected chi connectivity index (χ3v) is 7.89. The van der Waals surface area contributed by atoms with Gasteiger partial charge in [0.25, 0.3) is 0 Å². The molecule has 1 aliphatic carbocycles. The van der Waals surface area contributed by atoms with Crippen molar-refractivity contribution in [1.29, 1.82) is 0 Å². The van der Waals surface area contributed by atoms with Crippen molar-refractivity contribution >= 4 is 40.0 Å². The first kappa shape index (κ1) is 24.3. The number of hydrogen-bond donors (Lipinski definition) is 1. The molecule has 0 bridgehead atoms. The zero-order valence-electron chi connectivity index (χ0n) is 19.7. The van der Waals surface area contributed by atoms with Gasteiger partial charge in [0.1, 0.15) is 10.8 Å². The van der Waals surface area contributed by atoms with Crippen LogP contribution < -0.4 is 10.1 Å². The lowest BCUT2D eigenvalue weighted by atomic mass is 10.1. The molecule has 0 saturated heterocycles. The monoisotopic (exact) mass is 500 g/mol. The molecule has 0 saturated carbocycles. The molecule has 180 valence electrons. The summed E-state index contributed by atoms with van der Waals surface area (Å²) in [5.41, 5.74) is 2.56. The van der Waals surface area contributed by atoms with Crippen molar-refractivity contribution in [2.75, 3.05) is 18.2 Å². The Morgan fingerprint density at radius 1 is 1.26 bits per heavy atom. The predicted molar refractivity (Wildman–Crippen MR) is 133 cm³/mol. The number of benzene rings is 1. The van der Waals surface area contributed by atoms with Crippen molar-refractivity contribution in [3.8, 4) is 5.75 Å². The molecule has 1 aromatic carbocycles. The van der Waals surface area contributed by atoms with Gasteiger partial charge in [-0.25, -0.2) is 4.79 Å². The van der Waals surface area contributed by atoms with Crippen molar-refractivity contribution in [2.45, 2.75) is 57.8 Å². The number of ether oxygens (including phenoxy) is 2. The van der Waals surface area contributed by atoms with E-state index in [1.807, 2.05) is 49.6 Å². The quantitative estimate of drug-likeness (QED) is 0.333. The molecule has 2 aromatic heterocycles. The molecule has 3 aromatic rings. The highest BCUT2D eigenvalue weighted by molar-refractivity contribution is 7.99. The van der Waals surface area contributed by atoms with Crippen LogP contribution in [0.5, 0.6) is 5.75 Å². The number of hydrogen-bond acceptors (Lipinski definition) is 8. The van der Waals surface area contributed by atoms with Gasteiger partial charge in [-0.1, -0.05) is 30.0 Å². The smallest absolute Gasteiger partial charge is 0.341 e. The second-order valence-electron chi connectivity index (χ2n) is 8.00. The molecule has 1 N–H and O–H groups in total. The number of aryl methyl sites for hydroxylation is 2. The van der Waals surface area contributed by atoms with Crippen molar-refractivity contribution in [2.24, 2.45) is 0 Å². The first-order valence-electron chi connectivity index (χ1n) is 11.2. The average molecular weight is 501 g/mol. The Morgan fingerprint density at radius 3 is 2.79 bits per heavy atom. The van der Waals surface area contributed by atoms with E-state index in [1.165, 1.54) is 30.2 Å². The molecule has 8 nitrogen and oxygen atoms in total. The molecule has 0 radical (unpaired) electrons. The van der Waals surface area contributed by atoms with E-state index in [2.05, 4.69) is 15.5 Å². The highest BCUT2D eigenvalue weighted by Crippen LogP contribution is 2.39. The van der Waals surface area contributed by atoms with E-state index in [-0.39, 0.29) is 17.8 Å². The Morgan fingerprint density at radius 2 is 2.06 bits per heavy atom. The standard InChI is InChI=1S/C24H28N4O4S2/c1-5-28-21(15(3)32-17-11-7-6-9-14(17)2)26-27-24(28)33-13-19(29)25-22-20(23(30)31-4)16-10-8-12-18(16)34-22/h6-7,9,11,15H,5,8,10,12-13H2,1-4H3,(H,25,29). The second-order valence-corrected chi connectivity index (χ2v) is 10.0. The zero-order valence-corrected chi connectivity index (χ0v) is 21.3. The molecule has 4 rings (SSSR count). The maximum atomic E-state index is 12.7. The van der Waals surface area contributed by atoms with E-state index >= 15 is 0 Å². The van der Waals surface area contributed by atoms with Crippen LogP contribution in [0, 0.1) is 6.92 Å². The van der Waals surface area contributed by atoms with Crippen LogP contribution >= 0.6 is 23.1 Å². The van der Waals surface area contributed by atoms with Gasteiger partial charge in [0.05, 0.1) is 18.4 Å². The summed E-state index contributed by atoms with van der Waals surface area (Å²) in [6.07, 6.45) is 2.50. The maximum absolute atomic E-state index is 12.7. The first-order chi connectivity index (χ1) is 16.4. The second kappa shape index (κ2) is 10.6. The molecule has 1 atom stereocenters. The Kier molecular flexibility index (Phi) is 7.57. The Balaban J connectivity index is 1.42. The van der Waals surface area contributed by atoms with Gasteiger partial charge in [-0.15, -0.1) is 21.5 Å². The lowest BCUT2D eigenvalue weighted by molar-refractivity contribution is -0.113. The van der Waals surface area contributed by atoms with Gasteiger partial charge in [-0.2, -0.15) is 0 Å². The van der Waals surface area contributed by atoms with Gasteiger partial charge in [-0.3, -0.25) is 4.79 Å². The SMILES string of the molecule is CCn1c(SCC(=O)Nc2sc3c(c2C(=O)OC)CCC3)nnc1C(C)Oc1ccccc1C. The Bertz CT molecular complexity index is 1200. The van der Waals surface area contributed by atoms with Crippen LogP contribution in [-0.2, 0) is 28.9 Å². The van der Waals surface area contributed by atoms with Crippen LogP contribution in [0.1, 0.15) is 58.6 Å². The number of nitrogens with one attached hydrogen (secondary N) is 1. The number of amides is 1. The fraction of sp³-hybridized carbons (Fsp3) is 0.417. The molecule has 0 fully saturated rings. The van der Waals surface area contributed by atoms with Gasteiger partial charge in [0.15, 0.2) is 17.1 Å². The van der Waals surface area contributed by atoms with E-state index in [0.29, 0.717) is 28.1 Å². The fourth-order valence-electron chi connectivity index (χ4n) is 4.04.